The lowest BCUT2D eigenvalue weighted by Crippen LogP contribution is -2.25. The predicted octanol–water partition coefficient (Wildman–Crippen LogP) is 8.80. The van der Waals surface area contributed by atoms with Crippen molar-refractivity contribution in [3.8, 4) is 0 Å². The Morgan fingerprint density at radius 1 is 0.605 bits per heavy atom. The Labute approximate surface area is 262 Å². The van der Waals surface area contributed by atoms with E-state index in [0.717, 1.165) is 44.9 Å². The van der Waals surface area contributed by atoms with Crippen LogP contribution in [0.4, 0.5) is 0 Å². The predicted molar refractivity (Wildman–Crippen MR) is 179 cm³/mol. The fraction of sp³-hybridized carbons (Fsp3) is 0.622. The number of hydrogen-bond acceptors (Lipinski definition) is 6. The van der Waals surface area contributed by atoms with Gasteiger partial charge < -0.3 is 19.7 Å². The molecule has 0 heterocycles. The van der Waals surface area contributed by atoms with Crippen LogP contribution >= 0.6 is 0 Å². The highest BCUT2D eigenvalue weighted by molar-refractivity contribution is 5.70. The van der Waals surface area contributed by atoms with Crippen molar-refractivity contribution in [3.63, 3.8) is 0 Å². The monoisotopic (exact) mass is 600 g/mol. The van der Waals surface area contributed by atoms with Crippen molar-refractivity contribution in [1.29, 1.82) is 0 Å². The van der Waals surface area contributed by atoms with Gasteiger partial charge in [0.1, 0.15) is 19.3 Å². The third-order valence-corrected chi connectivity index (χ3v) is 6.55. The Morgan fingerprint density at radius 3 is 1.74 bits per heavy atom. The summed E-state index contributed by atoms with van der Waals surface area (Å²) in [7, 11) is 0. The number of esters is 2. The fourth-order valence-electron chi connectivity index (χ4n) is 4.02. The van der Waals surface area contributed by atoms with E-state index in [-0.39, 0.29) is 25.6 Å². The maximum absolute atomic E-state index is 11.9. The van der Waals surface area contributed by atoms with Gasteiger partial charge in [0.2, 0.25) is 0 Å². The van der Waals surface area contributed by atoms with Crippen LogP contribution in [0.5, 0.6) is 0 Å². The van der Waals surface area contributed by atoms with Crippen molar-refractivity contribution in [1.82, 2.24) is 0 Å². The third-order valence-electron chi connectivity index (χ3n) is 6.55. The van der Waals surface area contributed by atoms with Crippen molar-refractivity contribution in [3.05, 3.63) is 72.9 Å². The molecular formula is C37H60O6. The minimum atomic E-state index is -1.03. The molecule has 0 rings (SSSR count). The van der Waals surface area contributed by atoms with E-state index < -0.39 is 18.2 Å². The van der Waals surface area contributed by atoms with E-state index in [9.17, 15) is 19.8 Å². The lowest BCUT2D eigenvalue weighted by molar-refractivity contribution is -0.152. The van der Waals surface area contributed by atoms with Crippen LogP contribution in [0.2, 0.25) is 0 Å². The Hall–Kier alpha value is -2.70. The third kappa shape index (κ3) is 32.1. The van der Waals surface area contributed by atoms with Gasteiger partial charge in [0.15, 0.2) is 0 Å². The van der Waals surface area contributed by atoms with Gasteiger partial charge in [-0.25, -0.2) is 0 Å². The summed E-state index contributed by atoms with van der Waals surface area (Å²) in [6.45, 7) is 3.98. The Balaban J connectivity index is 3.76. The molecule has 0 saturated heterocycles. The largest absolute Gasteiger partial charge is 0.463 e. The first-order valence-corrected chi connectivity index (χ1v) is 16.6. The minimum absolute atomic E-state index is 0.171. The summed E-state index contributed by atoms with van der Waals surface area (Å²) in [6.07, 6.45) is 38.5. The van der Waals surface area contributed by atoms with Gasteiger partial charge in [0.05, 0.1) is 6.10 Å². The summed E-state index contributed by atoms with van der Waals surface area (Å²) in [6, 6.07) is 0. The average molecular weight is 601 g/mol. The number of carbonyl (C=O) groups excluding carboxylic acids is 2. The minimum Gasteiger partial charge on any atom is -0.463 e. The maximum atomic E-state index is 11.9. The number of aliphatic hydroxyl groups excluding tert-OH is 2. The zero-order chi connectivity index (χ0) is 31.6. The molecule has 0 spiro atoms. The molecule has 2 atom stereocenters. The second-order valence-electron chi connectivity index (χ2n) is 10.8. The van der Waals surface area contributed by atoms with Gasteiger partial charge in [0, 0.05) is 12.8 Å². The number of hydrogen-bond donors (Lipinski definition) is 2. The molecule has 1 unspecified atom stereocenters. The molecule has 0 aliphatic rings. The first-order valence-electron chi connectivity index (χ1n) is 16.6. The summed E-state index contributed by atoms with van der Waals surface area (Å²) >= 11 is 0. The molecular weight excluding hydrogens is 540 g/mol. The number of ether oxygens (including phenoxy) is 2. The standard InChI is InChI=1S/C37H60O6/c1-3-5-7-9-11-13-14-15-16-18-19-21-24-28-34(38)29-25-23-27-31-37(41)43-33-35(39)32-42-36(40)30-26-22-20-17-12-10-8-6-4-2/h5,7,11,13,15-16,19,21,23-25,28,34-35,38-39H,3-4,6,8-10,12,14,17-18,20,22,26-27,29-33H2,1-2H3/b7-5-,13-11-,16-15-,21-19-,25-23-,28-24-/t34?,35-/m1/s1. The van der Waals surface area contributed by atoms with Crippen LogP contribution in [0.1, 0.15) is 123 Å². The molecule has 43 heavy (non-hydrogen) atoms. The van der Waals surface area contributed by atoms with E-state index in [1.807, 2.05) is 30.4 Å². The zero-order valence-electron chi connectivity index (χ0n) is 27.0. The molecule has 0 fully saturated rings. The Morgan fingerprint density at radius 2 is 1.14 bits per heavy atom. The van der Waals surface area contributed by atoms with Crippen molar-refractivity contribution >= 4 is 11.9 Å². The quantitative estimate of drug-likeness (QED) is 0.0403. The van der Waals surface area contributed by atoms with Gasteiger partial charge >= 0.3 is 11.9 Å². The lowest BCUT2D eigenvalue weighted by Gasteiger charge is -2.12. The van der Waals surface area contributed by atoms with Gasteiger partial charge in [-0.3, -0.25) is 9.59 Å². The molecule has 2 N–H and O–H groups in total. The Kier molecular flexibility index (Phi) is 30.2. The van der Waals surface area contributed by atoms with Gasteiger partial charge in [0.25, 0.3) is 0 Å². The molecule has 0 aliphatic carbocycles. The zero-order valence-corrected chi connectivity index (χ0v) is 27.0. The average Bonchev–Trinajstić information content (AvgIpc) is 3.00. The van der Waals surface area contributed by atoms with Gasteiger partial charge in [-0.05, 0) is 44.9 Å². The highest BCUT2D eigenvalue weighted by Gasteiger charge is 2.11. The van der Waals surface area contributed by atoms with E-state index in [0.29, 0.717) is 19.3 Å². The molecule has 0 aromatic heterocycles. The summed E-state index contributed by atoms with van der Waals surface area (Å²) in [5, 5.41) is 20.0. The molecule has 0 saturated carbocycles. The SMILES string of the molecule is CC/C=C\C/C=C\C/C=C\C/C=C\C=C/C(O)C/C=C\CCC(=O)OC[C@H](O)COC(=O)CCCCCCCCCCC. The number of carbonyl (C=O) groups is 2. The van der Waals surface area contributed by atoms with E-state index in [2.05, 4.69) is 50.3 Å². The maximum Gasteiger partial charge on any atom is 0.306 e. The highest BCUT2D eigenvalue weighted by atomic mass is 16.6. The van der Waals surface area contributed by atoms with E-state index in [1.165, 1.54) is 38.5 Å². The first kappa shape index (κ1) is 40.3. The van der Waals surface area contributed by atoms with Crippen LogP contribution < -0.4 is 0 Å². The summed E-state index contributed by atoms with van der Waals surface area (Å²) < 4.78 is 10.2. The lowest BCUT2D eigenvalue weighted by atomic mass is 10.1. The smallest absolute Gasteiger partial charge is 0.306 e. The normalized spacial score (nSPS) is 13.9. The Bertz CT molecular complexity index is 836. The molecule has 0 radical (unpaired) electrons. The summed E-state index contributed by atoms with van der Waals surface area (Å²) in [5.74, 6) is -0.751. The number of allylic oxidation sites excluding steroid dienone is 10. The molecule has 0 aromatic carbocycles. The van der Waals surface area contributed by atoms with Crippen LogP contribution in [0.25, 0.3) is 0 Å². The second-order valence-corrected chi connectivity index (χ2v) is 10.8. The van der Waals surface area contributed by atoms with Crippen molar-refractivity contribution in [2.75, 3.05) is 13.2 Å². The molecule has 244 valence electrons. The van der Waals surface area contributed by atoms with E-state index in [4.69, 9.17) is 9.47 Å². The molecule has 6 heteroatoms. The van der Waals surface area contributed by atoms with E-state index >= 15 is 0 Å². The van der Waals surface area contributed by atoms with Crippen molar-refractivity contribution < 1.29 is 29.3 Å². The van der Waals surface area contributed by atoms with Crippen LogP contribution in [-0.2, 0) is 19.1 Å². The van der Waals surface area contributed by atoms with E-state index in [1.54, 1.807) is 6.08 Å². The topological polar surface area (TPSA) is 93.1 Å². The van der Waals surface area contributed by atoms with Crippen molar-refractivity contribution in [2.24, 2.45) is 0 Å². The molecule has 0 amide bonds. The first-order chi connectivity index (χ1) is 21.0. The number of unbranched alkanes of at least 4 members (excludes halogenated alkanes) is 8. The van der Waals surface area contributed by atoms with Crippen LogP contribution in [0, 0.1) is 0 Å². The molecule has 0 bridgehead atoms. The highest BCUT2D eigenvalue weighted by Crippen LogP contribution is 2.11. The molecule has 0 aliphatic heterocycles. The van der Waals surface area contributed by atoms with Gasteiger partial charge in [-0.1, -0.05) is 138 Å². The fourth-order valence-corrected chi connectivity index (χ4v) is 4.02. The number of rotatable bonds is 28. The molecule has 6 nitrogen and oxygen atoms in total. The van der Waals surface area contributed by atoms with Gasteiger partial charge in [-0.2, -0.15) is 0 Å². The van der Waals surface area contributed by atoms with Crippen LogP contribution in [0.15, 0.2) is 72.9 Å². The summed E-state index contributed by atoms with van der Waals surface area (Å²) in [5.41, 5.74) is 0. The van der Waals surface area contributed by atoms with Gasteiger partial charge in [-0.15, -0.1) is 0 Å². The molecule has 0 aromatic rings. The van der Waals surface area contributed by atoms with Crippen LogP contribution in [0.3, 0.4) is 0 Å². The second kappa shape index (κ2) is 32.2. The number of aliphatic hydroxyl groups is 2. The van der Waals surface area contributed by atoms with Crippen LogP contribution in [-0.4, -0.2) is 47.6 Å². The van der Waals surface area contributed by atoms with Crippen molar-refractivity contribution in [2.45, 2.75) is 135 Å². The summed E-state index contributed by atoms with van der Waals surface area (Å²) in [4.78, 5) is 23.7.